The molecule has 3 saturated heterocycles. The zero-order valence-corrected chi connectivity index (χ0v) is 18.7. The Morgan fingerprint density at radius 1 is 1.20 bits per heavy atom. The summed E-state index contributed by atoms with van der Waals surface area (Å²) in [6.07, 6.45) is 7.28. The summed E-state index contributed by atoms with van der Waals surface area (Å²) >= 11 is 0. The summed E-state index contributed by atoms with van der Waals surface area (Å²) in [6, 6.07) is 7.34. The molecule has 0 radical (unpaired) electrons. The molecule has 4 aliphatic heterocycles. The molecule has 0 amide bonds. The molecule has 7 rings (SSSR count). The van der Waals surface area contributed by atoms with E-state index in [9.17, 15) is 0 Å². The number of ether oxygens (including phenoxy) is 2. The van der Waals surface area contributed by atoms with Crippen molar-refractivity contribution >= 4 is 10.9 Å². The van der Waals surface area contributed by atoms with E-state index >= 15 is 0 Å². The molecule has 30 heavy (non-hydrogen) atoms. The summed E-state index contributed by atoms with van der Waals surface area (Å²) in [4.78, 5) is 6.72. The van der Waals surface area contributed by atoms with Crippen LogP contribution in [0.1, 0.15) is 70.1 Å². The van der Waals surface area contributed by atoms with Gasteiger partial charge in [0.25, 0.3) is 0 Å². The normalized spacial score (nSPS) is 39.8. The van der Waals surface area contributed by atoms with Crippen LogP contribution >= 0.6 is 0 Å². The fourth-order valence-electron chi connectivity index (χ4n) is 7.34. The maximum absolute atomic E-state index is 6.25. The first-order valence-electron chi connectivity index (χ1n) is 12.4. The molecule has 0 spiro atoms. The number of hydrogen-bond acceptors (Lipinski definition) is 3. The number of nitrogens with one attached hydrogen (secondary N) is 1. The van der Waals surface area contributed by atoms with E-state index in [1.165, 1.54) is 42.5 Å². The molecule has 1 aliphatic carbocycles. The van der Waals surface area contributed by atoms with Gasteiger partial charge in [0.2, 0.25) is 0 Å². The lowest BCUT2D eigenvalue weighted by atomic mass is 9.60. The fraction of sp³-hybridized carbons (Fsp3) is 0.692. The Morgan fingerprint density at radius 2 is 2.10 bits per heavy atom. The smallest absolute Gasteiger partial charge is 0.200 e. The molecule has 1 aromatic heterocycles. The van der Waals surface area contributed by atoms with Gasteiger partial charge < -0.3 is 14.5 Å². The standard InChI is InChI=1S/C26H36N2O2/c1-4-17-7-9-24(29-17)30-18-6-8-23-21(13-18)20-10-11-28-14-16-12-22(25(20)27-23)26(28)19(5-2)15(16)3/h6,8,13,15-17,19,22,24,26-27H,4-5,7,9-12,14H2,1-3H3. The quantitative estimate of drug-likeness (QED) is 0.729. The summed E-state index contributed by atoms with van der Waals surface area (Å²) in [6.45, 7) is 9.62. The maximum Gasteiger partial charge on any atom is 0.200 e. The van der Waals surface area contributed by atoms with Crippen LogP contribution in [-0.4, -0.2) is 41.4 Å². The minimum atomic E-state index is -0.0854. The van der Waals surface area contributed by atoms with Crippen LogP contribution in [0.5, 0.6) is 5.75 Å². The summed E-state index contributed by atoms with van der Waals surface area (Å²) in [5.74, 6) is 4.19. The highest BCUT2D eigenvalue weighted by Crippen LogP contribution is 2.53. The van der Waals surface area contributed by atoms with E-state index in [-0.39, 0.29) is 6.29 Å². The maximum atomic E-state index is 6.25. The van der Waals surface area contributed by atoms with E-state index < -0.39 is 0 Å². The number of aromatic amines is 1. The van der Waals surface area contributed by atoms with Crippen molar-refractivity contribution in [3.05, 3.63) is 29.5 Å². The van der Waals surface area contributed by atoms with Gasteiger partial charge in [0, 0.05) is 48.1 Å². The fourth-order valence-corrected chi connectivity index (χ4v) is 7.34. The van der Waals surface area contributed by atoms with Crippen molar-refractivity contribution < 1.29 is 9.47 Å². The first-order valence-corrected chi connectivity index (χ1v) is 12.4. The Hall–Kier alpha value is -1.52. The predicted octanol–water partition coefficient (Wildman–Crippen LogP) is 5.47. The molecule has 5 heterocycles. The van der Waals surface area contributed by atoms with Crippen molar-refractivity contribution in [2.75, 3.05) is 13.1 Å². The van der Waals surface area contributed by atoms with E-state index in [4.69, 9.17) is 9.47 Å². The molecule has 1 saturated carbocycles. The average molecular weight is 409 g/mol. The number of H-pyrrole nitrogens is 1. The SMILES string of the molecule is CCC1CCC(Oc2ccc3[nH]c4c(c3c2)CCN2CC3CC4C2C(CC)C3C)O1. The van der Waals surface area contributed by atoms with Gasteiger partial charge in [0.1, 0.15) is 5.75 Å². The Kier molecular flexibility index (Phi) is 4.65. The van der Waals surface area contributed by atoms with E-state index in [0.717, 1.165) is 55.2 Å². The van der Waals surface area contributed by atoms with Crippen molar-refractivity contribution in [1.82, 2.24) is 9.88 Å². The van der Waals surface area contributed by atoms with Crippen LogP contribution in [0.2, 0.25) is 0 Å². The lowest BCUT2D eigenvalue weighted by Crippen LogP contribution is -2.59. The first kappa shape index (κ1) is 19.2. The Bertz CT molecular complexity index is 937. The van der Waals surface area contributed by atoms with Gasteiger partial charge in [0.05, 0.1) is 6.10 Å². The zero-order chi connectivity index (χ0) is 20.4. The Balaban J connectivity index is 1.33. The van der Waals surface area contributed by atoms with Crippen molar-refractivity contribution in [1.29, 1.82) is 0 Å². The molecule has 5 aliphatic rings. The summed E-state index contributed by atoms with van der Waals surface area (Å²) in [7, 11) is 0. The third-order valence-corrected chi connectivity index (χ3v) is 8.91. The average Bonchev–Trinajstić information content (AvgIpc) is 3.34. The first-order chi connectivity index (χ1) is 14.7. The Labute approximate surface area is 180 Å². The van der Waals surface area contributed by atoms with Crippen LogP contribution in [0.25, 0.3) is 10.9 Å². The summed E-state index contributed by atoms with van der Waals surface area (Å²) in [5, 5.41) is 1.37. The van der Waals surface area contributed by atoms with E-state index in [1.54, 1.807) is 5.56 Å². The van der Waals surface area contributed by atoms with Gasteiger partial charge in [0.15, 0.2) is 6.29 Å². The van der Waals surface area contributed by atoms with Gasteiger partial charge in [-0.2, -0.15) is 0 Å². The number of fused-ring (bicyclic) bond motifs is 4. The van der Waals surface area contributed by atoms with Crippen LogP contribution in [0, 0.1) is 17.8 Å². The number of piperidine rings is 2. The van der Waals surface area contributed by atoms with E-state index in [2.05, 4.69) is 48.9 Å². The number of hydrogen-bond donors (Lipinski definition) is 1. The number of rotatable bonds is 4. The highest BCUT2D eigenvalue weighted by atomic mass is 16.7. The molecular formula is C26H36N2O2. The van der Waals surface area contributed by atoms with Crippen LogP contribution in [0.15, 0.2) is 18.2 Å². The molecule has 4 bridgehead atoms. The summed E-state index contributed by atoms with van der Waals surface area (Å²) < 4.78 is 12.3. The van der Waals surface area contributed by atoms with Crippen LogP contribution < -0.4 is 4.74 Å². The molecular weight excluding hydrogens is 372 g/mol. The monoisotopic (exact) mass is 408 g/mol. The van der Waals surface area contributed by atoms with Crippen LogP contribution in [0.4, 0.5) is 0 Å². The van der Waals surface area contributed by atoms with Gasteiger partial charge in [-0.25, -0.2) is 0 Å². The zero-order valence-electron chi connectivity index (χ0n) is 18.7. The second-order valence-electron chi connectivity index (χ2n) is 10.3. The largest absolute Gasteiger partial charge is 0.465 e. The van der Waals surface area contributed by atoms with E-state index in [0.29, 0.717) is 12.0 Å². The predicted molar refractivity (Wildman–Crippen MR) is 120 cm³/mol. The van der Waals surface area contributed by atoms with Crippen LogP contribution in [0.3, 0.4) is 0 Å². The van der Waals surface area contributed by atoms with Crippen molar-refractivity contribution in [3.63, 3.8) is 0 Å². The van der Waals surface area contributed by atoms with Gasteiger partial charge >= 0.3 is 0 Å². The van der Waals surface area contributed by atoms with Crippen LogP contribution in [-0.2, 0) is 11.2 Å². The van der Waals surface area contributed by atoms with Crippen molar-refractivity contribution in [2.45, 2.75) is 83.6 Å². The second-order valence-corrected chi connectivity index (χ2v) is 10.3. The van der Waals surface area contributed by atoms with Gasteiger partial charge in [-0.15, -0.1) is 0 Å². The molecule has 4 nitrogen and oxygen atoms in total. The number of aromatic nitrogens is 1. The van der Waals surface area contributed by atoms with Gasteiger partial charge in [-0.1, -0.05) is 27.2 Å². The Morgan fingerprint density at radius 3 is 2.90 bits per heavy atom. The summed E-state index contributed by atoms with van der Waals surface area (Å²) in [5.41, 5.74) is 4.37. The van der Waals surface area contributed by atoms with Gasteiger partial charge in [-0.05, 0) is 67.2 Å². The topological polar surface area (TPSA) is 37.5 Å². The third-order valence-electron chi connectivity index (χ3n) is 8.91. The second kappa shape index (κ2) is 7.27. The van der Waals surface area contributed by atoms with E-state index in [1.807, 2.05) is 0 Å². The molecule has 8 unspecified atom stereocenters. The molecule has 4 heteroatoms. The molecule has 1 N–H and O–H groups in total. The lowest BCUT2D eigenvalue weighted by Gasteiger charge is -2.56. The molecule has 162 valence electrons. The lowest BCUT2D eigenvalue weighted by molar-refractivity contribution is -0.0731. The minimum absolute atomic E-state index is 0.0854. The third kappa shape index (κ3) is 2.86. The van der Waals surface area contributed by atoms with Crippen molar-refractivity contribution in [2.24, 2.45) is 17.8 Å². The highest BCUT2D eigenvalue weighted by molar-refractivity contribution is 5.86. The highest BCUT2D eigenvalue weighted by Gasteiger charge is 2.51. The molecule has 2 aromatic rings. The molecule has 4 fully saturated rings. The molecule has 1 aromatic carbocycles. The van der Waals surface area contributed by atoms with Gasteiger partial charge in [-0.3, -0.25) is 4.90 Å². The molecule has 8 atom stereocenters. The number of nitrogens with zero attached hydrogens (tertiary/aromatic N) is 1. The van der Waals surface area contributed by atoms with Crippen molar-refractivity contribution in [3.8, 4) is 5.75 Å². The number of benzene rings is 1. The minimum Gasteiger partial charge on any atom is -0.465 e.